The predicted molar refractivity (Wildman–Crippen MR) is 221 cm³/mol. The van der Waals surface area contributed by atoms with Crippen LogP contribution in [0.4, 0.5) is 26.3 Å². The molecule has 6 aromatic rings. The van der Waals surface area contributed by atoms with Gasteiger partial charge >= 0.3 is 15.4 Å². The van der Waals surface area contributed by atoms with Gasteiger partial charge in [-0.15, -0.1) is 0 Å². The van der Waals surface area contributed by atoms with E-state index >= 15 is 0 Å². The van der Waals surface area contributed by atoms with Crippen LogP contribution < -0.4 is 23.5 Å². The van der Waals surface area contributed by atoms with Crippen LogP contribution >= 0.6 is 54.5 Å². The van der Waals surface area contributed by atoms with Crippen molar-refractivity contribution in [2.45, 2.75) is 0 Å². The van der Waals surface area contributed by atoms with Gasteiger partial charge in [-0.25, -0.2) is 26.3 Å². The number of halogens is 9. The molecular formula is C39H29B2Br2F6IO7. The van der Waals surface area contributed by atoms with Crippen molar-refractivity contribution in [1.82, 2.24) is 0 Å². The van der Waals surface area contributed by atoms with Gasteiger partial charge in [0.2, 0.25) is 0 Å². The minimum absolute atomic E-state index is 0.0787. The van der Waals surface area contributed by atoms with Crippen LogP contribution in [0, 0.1) is 38.5 Å². The second-order valence-electron chi connectivity index (χ2n) is 10.9. The lowest BCUT2D eigenvalue weighted by Crippen LogP contribution is -2.01. The van der Waals surface area contributed by atoms with E-state index in [2.05, 4.69) is 59.1 Å². The van der Waals surface area contributed by atoms with Crippen molar-refractivity contribution in [2.75, 3.05) is 21.3 Å². The fourth-order valence-electron chi connectivity index (χ4n) is 4.57. The molecule has 6 rings (SSSR count). The van der Waals surface area contributed by atoms with Gasteiger partial charge in [0.15, 0.2) is 5.75 Å². The highest BCUT2D eigenvalue weighted by atomic mass is 127. The van der Waals surface area contributed by atoms with E-state index < -0.39 is 34.9 Å². The minimum Gasteiger partial charge on any atom is -0.537 e. The first-order valence-electron chi connectivity index (χ1n) is 15.8. The van der Waals surface area contributed by atoms with Crippen LogP contribution in [0.1, 0.15) is 0 Å². The second kappa shape index (κ2) is 23.8. The highest BCUT2D eigenvalue weighted by molar-refractivity contribution is 14.1. The number of ether oxygens (including phenoxy) is 3. The summed E-state index contributed by atoms with van der Waals surface area (Å²) in [5.74, 6) is -1.94. The van der Waals surface area contributed by atoms with E-state index in [0.717, 1.165) is 39.0 Å². The molecule has 0 aromatic heterocycles. The number of methoxy groups -OCH3 is 3. The van der Waals surface area contributed by atoms with E-state index in [1.807, 2.05) is 18.2 Å². The number of benzene rings is 6. The van der Waals surface area contributed by atoms with Gasteiger partial charge in [-0.1, -0.05) is 12.1 Å². The molecule has 0 fully saturated rings. The molecule has 0 aliphatic rings. The fraction of sp³-hybridized carbons (Fsp3) is 0.0769. The number of hydrogen-bond donors (Lipinski definition) is 2. The topological polar surface area (TPSA) is 86.6 Å². The Labute approximate surface area is 356 Å². The van der Waals surface area contributed by atoms with Crippen molar-refractivity contribution in [3.8, 4) is 51.0 Å². The third-order valence-corrected chi connectivity index (χ3v) is 9.01. The van der Waals surface area contributed by atoms with E-state index in [0.29, 0.717) is 60.9 Å². The number of rotatable bonds is 9. The minimum atomic E-state index is -0.748. The molecule has 2 N–H and O–H groups in total. The Balaban J connectivity index is 0.000000211. The largest absolute Gasteiger partial charge is 0.569 e. The highest BCUT2D eigenvalue weighted by Crippen LogP contribution is 2.34. The van der Waals surface area contributed by atoms with Crippen molar-refractivity contribution >= 4 is 69.8 Å². The maximum atomic E-state index is 13.2. The second-order valence-corrected chi connectivity index (χ2v) is 13.8. The van der Waals surface area contributed by atoms with Gasteiger partial charge in [0.25, 0.3) is 0 Å². The zero-order valence-electron chi connectivity index (χ0n) is 29.9. The van der Waals surface area contributed by atoms with Crippen LogP contribution in [0.2, 0.25) is 0 Å². The monoisotopic (exact) mass is 1030 g/mol. The zero-order chi connectivity index (χ0) is 42.1. The van der Waals surface area contributed by atoms with E-state index in [1.54, 1.807) is 37.4 Å². The van der Waals surface area contributed by atoms with Crippen LogP contribution in [0.15, 0.2) is 118 Å². The maximum Gasteiger partial charge on any atom is 0.569 e. The van der Waals surface area contributed by atoms with E-state index in [-0.39, 0.29) is 5.75 Å². The Kier molecular flexibility index (Phi) is 19.6. The van der Waals surface area contributed by atoms with Gasteiger partial charge < -0.3 is 33.6 Å². The molecule has 0 unspecified atom stereocenters. The average Bonchev–Trinajstić information content (AvgIpc) is 3.16. The first-order valence-corrected chi connectivity index (χ1v) is 18.5. The summed E-state index contributed by atoms with van der Waals surface area (Å²) in [5, 5.41) is 16.7. The van der Waals surface area contributed by atoms with Crippen molar-refractivity contribution in [2.24, 2.45) is 0 Å². The molecule has 0 atom stereocenters. The Morgan fingerprint density at radius 3 is 1.25 bits per heavy atom. The lowest BCUT2D eigenvalue weighted by molar-refractivity contribution is 0.382. The first-order chi connectivity index (χ1) is 27.2. The van der Waals surface area contributed by atoms with Crippen LogP contribution in [0.5, 0.6) is 28.7 Å². The smallest absolute Gasteiger partial charge is 0.537 e. The summed E-state index contributed by atoms with van der Waals surface area (Å²) in [6.45, 7) is 0. The summed E-state index contributed by atoms with van der Waals surface area (Å²) in [6.07, 6.45) is 0. The van der Waals surface area contributed by atoms with Crippen LogP contribution in [0.25, 0.3) is 22.3 Å². The van der Waals surface area contributed by atoms with Gasteiger partial charge in [0.1, 0.15) is 57.9 Å². The lowest BCUT2D eigenvalue weighted by Gasteiger charge is -2.10. The SMILES string of the molecule is COc1cc(-c2cc(F)cc(F)c2)ccc1Br.COc1cc(-c2cc(F)cc(F)c2)ccc1O[B]O.COc1cc(I)ccc1Br.O[B]Oc1cc(F)cc(F)c1. The maximum absolute atomic E-state index is 13.2. The molecule has 0 bridgehead atoms. The third-order valence-electron chi connectivity index (χ3n) is 7.02. The molecule has 2 radical (unpaired) electrons. The highest BCUT2D eigenvalue weighted by Gasteiger charge is 2.10. The molecule has 0 spiro atoms. The lowest BCUT2D eigenvalue weighted by atomic mass is 10.0. The molecular weight excluding hydrogens is 1000 g/mol. The molecule has 296 valence electrons. The molecule has 6 aromatic carbocycles. The van der Waals surface area contributed by atoms with Crippen LogP contribution in [-0.2, 0) is 0 Å². The Bertz CT molecular complexity index is 2180. The Morgan fingerprint density at radius 1 is 0.439 bits per heavy atom. The van der Waals surface area contributed by atoms with Crippen LogP contribution in [-0.4, -0.2) is 46.7 Å². The molecule has 0 saturated carbocycles. The molecule has 57 heavy (non-hydrogen) atoms. The van der Waals surface area contributed by atoms with Gasteiger partial charge in [-0.3, -0.25) is 0 Å². The van der Waals surface area contributed by atoms with Gasteiger partial charge in [-0.05, 0) is 143 Å². The van der Waals surface area contributed by atoms with Crippen molar-refractivity contribution in [3.63, 3.8) is 0 Å². The molecule has 18 heteroatoms. The van der Waals surface area contributed by atoms with E-state index in [4.69, 9.17) is 28.9 Å². The van der Waals surface area contributed by atoms with Gasteiger partial charge in [0, 0.05) is 33.9 Å². The van der Waals surface area contributed by atoms with Crippen molar-refractivity contribution in [1.29, 1.82) is 0 Å². The van der Waals surface area contributed by atoms with Gasteiger partial charge in [0.05, 0.1) is 30.3 Å². The zero-order valence-corrected chi connectivity index (χ0v) is 35.2. The standard InChI is InChI=1S/C13H10BF2O3.C13H9BrF2O.C7H6BrIO.C6H4BF2O2/c1-18-13-6-8(2-3-12(13)19-14-17)9-4-10(15)7-11(16)5-9;1-17-13-6-8(2-3-12(13)14)9-4-10(15)7-11(16)5-9;1-10-7-4-5(9)2-3-6(7)8;8-4-1-5(9)3-6(2-4)11-7-10/h2-7,17H,1H3;2-7H,1H3;2-4H,1H3;1-3,10H. The van der Waals surface area contributed by atoms with Crippen LogP contribution in [0.3, 0.4) is 0 Å². The predicted octanol–water partition coefficient (Wildman–Crippen LogP) is 10.9. The third kappa shape index (κ3) is 15.5. The Morgan fingerprint density at radius 2 is 0.825 bits per heavy atom. The molecule has 0 heterocycles. The normalized spacial score (nSPS) is 9.93. The molecule has 7 nitrogen and oxygen atoms in total. The first kappa shape index (κ1) is 47.0. The van der Waals surface area contributed by atoms with Gasteiger partial charge in [-0.2, -0.15) is 0 Å². The number of hydrogen-bond acceptors (Lipinski definition) is 7. The molecule has 0 saturated heterocycles. The van der Waals surface area contributed by atoms with Crippen molar-refractivity contribution in [3.05, 3.63) is 157 Å². The summed E-state index contributed by atoms with van der Waals surface area (Å²) < 4.78 is 105. The summed E-state index contributed by atoms with van der Waals surface area (Å²) in [7, 11) is 5.51. The summed E-state index contributed by atoms with van der Waals surface area (Å²) in [5.41, 5.74) is 2.13. The summed E-state index contributed by atoms with van der Waals surface area (Å²) in [4.78, 5) is 0. The summed E-state index contributed by atoms with van der Waals surface area (Å²) >= 11 is 8.93. The summed E-state index contributed by atoms with van der Waals surface area (Å²) in [6, 6.07) is 25.2. The quantitative estimate of drug-likeness (QED) is 0.0848. The van der Waals surface area contributed by atoms with E-state index in [9.17, 15) is 26.3 Å². The molecule has 0 amide bonds. The van der Waals surface area contributed by atoms with E-state index in [1.165, 1.54) is 48.1 Å². The average molecular weight is 1030 g/mol. The molecule has 0 aliphatic heterocycles. The van der Waals surface area contributed by atoms with Crippen molar-refractivity contribution < 1.29 is 59.9 Å². The Hall–Kier alpha value is -4.36. The fourth-order valence-corrected chi connectivity index (χ4v) is 5.85. The molecule has 0 aliphatic carbocycles.